The minimum absolute atomic E-state index is 0.170. The molecule has 0 saturated carbocycles. The van der Waals surface area contributed by atoms with Gasteiger partial charge in [0.05, 0.1) is 10.7 Å². The molecular formula is C16H23N3O6S. The van der Waals surface area contributed by atoms with Gasteiger partial charge < -0.3 is 9.64 Å². The third kappa shape index (κ3) is 5.38. The van der Waals surface area contributed by atoms with Gasteiger partial charge in [-0.25, -0.2) is 18.2 Å². The number of sulfone groups is 1. The standard InChI is InChI=1S/C16H23N3O6S/c1-16(2,3)25-15(20)18-8-4-5-12(10-18)11-26(23,24)14-7-6-13(9-17-14)19(21)22/h6-7,9,12H,4-5,8,10-11H2,1-3H3/t12-/m0/s1. The van der Waals surface area contributed by atoms with Crippen LogP contribution in [0.4, 0.5) is 10.5 Å². The van der Waals surface area contributed by atoms with Crippen molar-refractivity contribution in [3.8, 4) is 0 Å². The zero-order valence-electron chi connectivity index (χ0n) is 15.0. The van der Waals surface area contributed by atoms with Crippen molar-refractivity contribution >= 4 is 21.6 Å². The minimum Gasteiger partial charge on any atom is -0.444 e. The van der Waals surface area contributed by atoms with Crippen LogP contribution in [0.15, 0.2) is 23.4 Å². The fraction of sp³-hybridized carbons (Fsp3) is 0.625. The van der Waals surface area contributed by atoms with Crippen molar-refractivity contribution < 1.29 is 22.9 Å². The van der Waals surface area contributed by atoms with E-state index in [0.717, 1.165) is 18.3 Å². The first kappa shape index (κ1) is 20.1. The molecule has 9 nitrogen and oxygen atoms in total. The highest BCUT2D eigenvalue weighted by Gasteiger charge is 2.31. The molecule has 1 aromatic rings. The van der Waals surface area contributed by atoms with Gasteiger partial charge >= 0.3 is 6.09 Å². The summed E-state index contributed by atoms with van der Waals surface area (Å²) in [4.78, 5) is 27.4. The molecule has 0 aromatic carbocycles. The Labute approximate surface area is 152 Å². The zero-order chi connectivity index (χ0) is 19.5. The molecule has 0 unspecified atom stereocenters. The molecule has 10 heteroatoms. The van der Waals surface area contributed by atoms with Gasteiger partial charge in [0.15, 0.2) is 14.9 Å². The van der Waals surface area contributed by atoms with Gasteiger partial charge in [0.25, 0.3) is 5.69 Å². The van der Waals surface area contributed by atoms with E-state index in [9.17, 15) is 23.3 Å². The van der Waals surface area contributed by atoms with Crippen LogP contribution in [0.25, 0.3) is 0 Å². The van der Waals surface area contributed by atoms with E-state index in [2.05, 4.69) is 4.98 Å². The third-order valence-corrected chi connectivity index (χ3v) is 5.67. The first-order valence-corrected chi connectivity index (χ1v) is 9.94. The Balaban J connectivity index is 2.04. The Hall–Kier alpha value is -2.23. The van der Waals surface area contributed by atoms with Crippen molar-refractivity contribution in [1.29, 1.82) is 0 Å². The normalized spacial score (nSPS) is 18.4. The van der Waals surface area contributed by atoms with Crippen LogP contribution in [0.1, 0.15) is 33.6 Å². The fourth-order valence-electron chi connectivity index (χ4n) is 2.75. The lowest BCUT2D eigenvalue weighted by atomic mass is 10.0. The Bertz CT molecular complexity index is 770. The molecule has 1 aliphatic rings. The van der Waals surface area contributed by atoms with Gasteiger partial charge in [-0.15, -0.1) is 0 Å². The number of nitro groups is 1. The number of aromatic nitrogens is 1. The summed E-state index contributed by atoms with van der Waals surface area (Å²) in [5.74, 6) is -0.407. The number of carbonyl (C=O) groups is 1. The summed E-state index contributed by atoms with van der Waals surface area (Å²) in [6, 6.07) is 2.26. The lowest BCUT2D eigenvalue weighted by Gasteiger charge is -2.33. The van der Waals surface area contributed by atoms with Gasteiger partial charge in [0.2, 0.25) is 0 Å². The maximum absolute atomic E-state index is 12.5. The predicted molar refractivity (Wildman–Crippen MR) is 93.5 cm³/mol. The molecule has 1 aromatic heterocycles. The lowest BCUT2D eigenvalue weighted by molar-refractivity contribution is -0.385. The highest BCUT2D eigenvalue weighted by Crippen LogP contribution is 2.23. The number of piperidine rings is 1. The van der Waals surface area contributed by atoms with Gasteiger partial charge in [0, 0.05) is 19.2 Å². The maximum Gasteiger partial charge on any atom is 0.410 e. The first-order chi connectivity index (χ1) is 12.0. The van der Waals surface area contributed by atoms with E-state index in [-0.39, 0.29) is 22.4 Å². The highest BCUT2D eigenvalue weighted by molar-refractivity contribution is 7.91. The molecule has 1 saturated heterocycles. The second kappa shape index (κ2) is 7.56. The molecule has 144 valence electrons. The summed E-state index contributed by atoms with van der Waals surface area (Å²) < 4.78 is 30.4. The number of rotatable bonds is 4. The van der Waals surface area contributed by atoms with Gasteiger partial charge in [-0.3, -0.25) is 10.1 Å². The van der Waals surface area contributed by atoms with E-state index in [4.69, 9.17) is 4.74 Å². The quantitative estimate of drug-likeness (QED) is 0.576. The summed E-state index contributed by atoms with van der Waals surface area (Å²) in [7, 11) is -3.70. The number of likely N-dealkylation sites (tertiary alicyclic amines) is 1. The van der Waals surface area contributed by atoms with Gasteiger partial charge in [-0.1, -0.05) is 0 Å². The van der Waals surface area contributed by atoms with Crippen molar-refractivity contribution in [3.05, 3.63) is 28.4 Å². The SMILES string of the molecule is CC(C)(C)OC(=O)N1CCC[C@H](CS(=O)(=O)c2ccc([N+](=O)[O-])cn2)C1. The van der Waals surface area contributed by atoms with E-state index in [1.165, 1.54) is 4.90 Å². The lowest BCUT2D eigenvalue weighted by Crippen LogP contribution is -2.44. The van der Waals surface area contributed by atoms with Crippen molar-refractivity contribution in [2.45, 2.75) is 44.2 Å². The number of pyridine rings is 1. The Morgan fingerprint density at radius 3 is 2.65 bits per heavy atom. The number of nitrogens with zero attached hydrogens (tertiary/aromatic N) is 3. The van der Waals surface area contributed by atoms with Gasteiger partial charge in [0.1, 0.15) is 11.8 Å². The van der Waals surface area contributed by atoms with Crippen molar-refractivity contribution in [2.75, 3.05) is 18.8 Å². The molecule has 2 rings (SSSR count). The summed E-state index contributed by atoms with van der Waals surface area (Å²) in [6.45, 7) is 6.15. The topological polar surface area (TPSA) is 120 Å². The predicted octanol–water partition coefficient (Wildman–Crippen LogP) is 2.41. The first-order valence-electron chi connectivity index (χ1n) is 8.29. The van der Waals surface area contributed by atoms with Crippen LogP contribution in [-0.2, 0) is 14.6 Å². The molecule has 0 bridgehead atoms. The molecular weight excluding hydrogens is 362 g/mol. The van der Waals surface area contributed by atoms with Gasteiger partial charge in [-0.2, -0.15) is 0 Å². The van der Waals surface area contributed by atoms with Crippen LogP contribution < -0.4 is 0 Å². The molecule has 26 heavy (non-hydrogen) atoms. The zero-order valence-corrected chi connectivity index (χ0v) is 15.9. The minimum atomic E-state index is -3.70. The number of amides is 1. The molecule has 0 radical (unpaired) electrons. The van der Waals surface area contributed by atoms with E-state index in [1.54, 1.807) is 20.8 Å². The van der Waals surface area contributed by atoms with Crippen LogP contribution in [0.2, 0.25) is 0 Å². The molecule has 1 amide bonds. The molecule has 0 spiro atoms. The van der Waals surface area contributed by atoms with Crippen LogP contribution in [0.3, 0.4) is 0 Å². The van der Waals surface area contributed by atoms with Crippen LogP contribution in [-0.4, -0.2) is 53.8 Å². The fourth-order valence-corrected chi connectivity index (χ4v) is 4.31. The van der Waals surface area contributed by atoms with Crippen LogP contribution in [0, 0.1) is 16.0 Å². The molecule has 0 aliphatic carbocycles. The van der Waals surface area contributed by atoms with Crippen molar-refractivity contribution in [3.63, 3.8) is 0 Å². The monoisotopic (exact) mass is 385 g/mol. The average Bonchev–Trinajstić information content (AvgIpc) is 2.53. The van der Waals surface area contributed by atoms with E-state index in [1.807, 2.05) is 0 Å². The average molecular weight is 385 g/mol. The maximum atomic E-state index is 12.5. The summed E-state index contributed by atoms with van der Waals surface area (Å²) in [6.07, 6.45) is 1.84. The summed E-state index contributed by atoms with van der Waals surface area (Å²) in [5, 5.41) is 10.4. The molecule has 1 atom stereocenters. The third-order valence-electron chi connectivity index (χ3n) is 3.88. The van der Waals surface area contributed by atoms with Gasteiger partial charge in [-0.05, 0) is 45.6 Å². The second-order valence-corrected chi connectivity index (χ2v) is 9.31. The summed E-state index contributed by atoms with van der Waals surface area (Å²) in [5.41, 5.74) is -0.878. The second-order valence-electron chi connectivity index (χ2n) is 7.33. The Morgan fingerprint density at radius 2 is 2.12 bits per heavy atom. The molecule has 1 fully saturated rings. The smallest absolute Gasteiger partial charge is 0.410 e. The Morgan fingerprint density at radius 1 is 1.42 bits per heavy atom. The van der Waals surface area contributed by atoms with Crippen molar-refractivity contribution in [2.24, 2.45) is 5.92 Å². The largest absolute Gasteiger partial charge is 0.444 e. The highest BCUT2D eigenvalue weighted by atomic mass is 32.2. The molecule has 0 N–H and O–H groups in total. The van der Waals surface area contributed by atoms with Crippen LogP contribution >= 0.6 is 0 Å². The van der Waals surface area contributed by atoms with Crippen molar-refractivity contribution in [1.82, 2.24) is 9.88 Å². The number of hydrogen-bond acceptors (Lipinski definition) is 7. The van der Waals surface area contributed by atoms with Crippen LogP contribution in [0.5, 0.6) is 0 Å². The Kier molecular flexibility index (Phi) is 5.84. The number of hydrogen-bond donors (Lipinski definition) is 0. The number of ether oxygens (including phenoxy) is 1. The number of carbonyl (C=O) groups excluding carboxylic acids is 1. The summed E-state index contributed by atoms with van der Waals surface area (Å²) >= 11 is 0. The van der Waals surface area contributed by atoms with E-state index < -0.39 is 26.5 Å². The molecule has 1 aliphatic heterocycles. The van der Waals surface area contributed by atoms with E-state index in [0.29, 0.717) is 25.9 Å². The molecule has 2 heterocycles. The van der Waals surface area contributed by atoms with E-state index >= 15 is 0 Å².